The topological polar surface area (TPSA) is 127 Å². The van der Waals surface area contributed by atoms with Crippen LogP contribution < -0.4 is 10.6 Å². The molecule has 214 valence electrons. The Balaban J connectivity index is 1.78. The molecule has 0 fully saturated rings. The Morgan fingerprint density at radius 1 is 0.780 bits per heavy atom. The van der Waals surface area contributed by atoms with Crippen LogP contribution in [0.25, 0.3) is 12.2 Å². The Bertz CT molecular complexity index is 1600. The molecule has 41 heavy (non-hydrogen) atoms. The molecule has 0 unspecified atom stereocenters. The number of carboxylic acid groups (broad SMARTS) is 1. The zero-order valence-corrected chi connectivity index (χ0v) is 24.4. The number of hydrogen-bond donors (Lipinski definition) is 5. The molecule has 0 aliphatic carbocycles. The SMILES string of the molecule is C=CC1=C(C)/C(=C/c2[nH]c(Cc3[nH]c(/C=C4\NC(=O)C(C)=C4C=C)c(C)c3CCC)c(CCC(=O)O)c2C)NC1=O. The van der Waals surface area contributed by atoms with Crippen LogP contribution in [0.2, 0.25) is 0 Å². The van der Waals surface area contributed by atoms with E-state index in [4.69, 9.17) is 0 Å². The van der Waals surface area contributed by atoms with Crippen molar-refractivity contribution in [1.82, 2.24) is 20.6 Å². The van der Waals surface area contributed by atoms with Gasteiger partial charge in [-0.05, 0) is 80.5 Å². The summed E-state index contributed by atoms with van der Waals surface area (Å²) in [4.78, 5) is 43.2. The number of aromatic amines is 2. The lowest BCUT2D eigenvalue weighted by Gasteiger charge is -2.07. The minimum atomic E-state index is -0.856. The highest BCUT2D eigenvalue weighted by Crippen LogP contribution is 2.31. The predicted octanol–water partition coefficient (Wildman–Crippen LogP) is 5.47. The van der Waals surface area contributed by atoms with Crippen LogP contribution in [-0.4, -0.2) is 32.9 Å². The van der Waals surface area contributed by atoms with Gasteiger partial charge in [0.05, 0.1) is 5.70 Å². The standard InChI is InChI=1S/C33H38N4O4/c1-8-11-23-18(5)26(15-28-21(9-2)20(7)32(40)37-28)35-29(23)16-30-24(12-13-31(38)39)19(6)25(34-30)14-27-17(4)22(10-3)33(41)36-27/h9-10,14-15,34-35H,2-3,8,11-13,16H2,1,4-7H3,(H,36,41)(H,37,40)(H,38,39)/b27-14-,28-15-. The van der Waals surface area contributed by atoms with Crippen molar-refractivity contribution >= 4 is 29.9 Å². The fourth-order valence-corrected chi connectivity index (χ4v) is 5.63. The number of carbonyl (C=O) groups excluding carboxylic acids is 2. The molecule has 0 saturated carbocycles. The number of carbonyl (C=O) groups is 3. The summed E-state index contributed by atoms with van der Waals surface area (Å²) < 4.78 is 0. The minimum absolute atomic E-state index is 0.0105. The molecule has 8 nitrogen and oxygen atoms in total. The number of amides is 2. The van der Waals surface area contributed by atoms with Crippen LogP contribution >= 0.6 is 0 Å². The van der Waals surface area contributed by atoms with Gasteiger partial charge in [0, 0.05) is 58.0 Å². The summed E-state index contributed by atoms with van der Waals surface area (Å²) in [6.45, 7) is 17.5. The van der Waals surface area contributed by atoms with E-state index in [0.717, 1.165) is 63.5 Å². The summed E-state index contributed by atoms with van der Waals surface area (Å²) in [6, 6.07) is 0. The van der Waals surface area contributed by atoms with Gasteiger partial charge in [-0.15, -0.1) is 0 Å². The Labute approximate surface area is 240 Å². The molecule has 0 spiro atoms. The van der Waals surface area contributed by atoms with Gasteiger partial charge in [0.25, 0.3) is 11.8 Å². The zero-order chi connectivity index (χ0) is 30.0. The van der Waals surface area contributed by atoms with Crippen molar-refractivity contribution in [2.45, 2.75) is 66.7 Å². The van der Waals surface area contributed by atoms with Gasteiger partial charge in [-0.2, -0.15) is 0 Å². The second kappa shape index (κ2) is 11.9. The van der Waals surface area contributed by atoms with Crippen LogP contribution in [0.15, 0.2) is 59.0 Å². The summed E-state index contributed by atoms with van der Waals surface area (Å²) >= 11 is 0. The van der Waals surface area contributed by atoms with Crippen molar-refractivity contribution in [3.63, 3.8) is 0 Å². The predicted molar refractivity (Wildman–Crippen MR) is 162 cm³/mol. The summed E-state index contributed by atoms with van der Waals surface area (Å²) in [5.41, 5.74) is 12.1. The summed E-state index contributed by atoms with van der Waals surface area (Å²) in [5.74, 6) is -1.17. The van der Waals surface area contributed by atoms with Crippen molar-refractivity contribution in [3.05, 3.63) is 104 Å². The van der Waals surface area contributed by atoms with E-state index in [1.165, 1.54) is 5.56 Å². The van der Waals surface area contributed by atoms with E-state index in [2.05, 4.69) is 47.6 Å². The van der Waals surface area contributed by atoms with Gasteiger partial charge in [-0.1, -0.05) is 38.7 Å². The maximum Gasteiger partial charge on any atom is 0.303 e. The maximum absolute atomic E-state index is 12.3. The molecule has 2 aromatic rings. The van der Waals surface area contributed by atoms with E-state index in [1.807, 2.05) is 26.0 Å². The Morgan fingerprint density at radius 3 is 1.83 bits per heavy atom. The van der Waals surface area contributed by atoms with Crippen LogP contribution in [0.5, 0.6) is 0 Å². The molecule has 2 aliphatic rings. The number of allylic oxidation sites excluding steroid dienone is 2. The van der Waals surface area contributed by atoms with Gasteiger partial charge in [0.1, 0.15) is 0 Å². The van der Waals surface area contributed by atoms with E-state index >= 15 is 0 Å². The number of H-pyrrole nitrogens is 2. The quantitative estimate of drug-likeness (QED) is 0.253. The highest BCUT2D eigenvalue weighted by Gasteiger charge is 2.25. The lowest BCUT2D eigenvalue weighted by Crippen LogP contribution is -2.15. The lowest BCUT2D eigenvalue weighted by molar-refractivity contribution is -0.137. The van der Waals surface area contributed by atoms with Crippen LogP contribution in [-0.2, 0) is 33.6 Å². The van der Waals surface area contributed by atoms with Crippen LogP contribution in [0.3, 0.4) is 0 Å². The zero-order valence-electron chi connectivity index (χ0n) is 24.4. The third-order valence-electron chi connectivity index (χ3n) is 8.02. The molecule has 5 N–H and O–H groups in total. The summed E-state index contributed by atoms with van der Waals surface area (Å²) in [6.07, 6.45) is 9.88. The van der Waals surface area contributed by atoms with Crippen molar-refractivity contribution in [1.29, 1.82) is 0 Å². The molecule has 8 heteroatoms. The molecule has 4 rings (SSSR count). The second-order valence-electron chi connectivity index (χ2n) is 10.6. The third-order valence-corrected chi connectivity index (χ3v) is 8.02. The number of hydrogen-bond acceptors (Lipinski definition) is 3. The Morgan fingerprint density at radius 2 is 1.32 bits per heavy atom. The largest absolute Gasteiger partial charge is 0.481 e. The average Bonchev–Trinajstić information content (AvgIpc) is 3.56. The molecular formula is C33H38N4O4. The second-order valence-corrected chi connectivity index (χ2v) is 10.6. The maximum atomic E-state index is 12.3. The van der Waals surface area contributed by atoms with Crippen LogP contribution in [0.4, 0.5) is 0 Å². The number of carboxylic acids is 1. The smallest absolute Gasteiger partial charge is 0.303 e. The van der Waals surface area contributed by atoms with Gasteiger partial charge in [0.2, 0.25) is 0 Å². The van der Waals surface area contributed by atoms with E-state index < -0.39 is 5.97 Å². The van der Waals surface area contributed by atoms with Gasteiger partial charge in [-0.3, -0.25) is 14.4 Å². The fourth-order valence-electron chi connectivity index (χ4n) is 5.63. The first-order valence-corrected chi connectivity index (χ1v) is 13.9. The lowest BCUT2D eigenvalue weighted by atomic mass is 9.98. The first-order chi connectivity index (χ1) is 19.5. The number of rotatable bonds is 11. The Hall–Kier alpha value is -4.59. The molecule has 2 aliphatic heterocycles. The third kappa shape index (κ3) is 5.68. The van der Waals surface area contributed by atoms with Gasteiger partial charge >= 0.3 is 5.97 Å². The van der Waals surface area contributed by atoms with Gasteiger partial charge in [-0.25, -0.2) is 0 Å². The minimum Gasteiger partial charge on any atom is -0.481 e. The fraction of sp³-hybridized carbons (Fsp3) is 0.303. The monoisotopic (exact) mass is 554 g/mol. The molecule has 0 saturated heterocycles. The molecular weight excluding hydrogens is 516 g/mol. The highest BCUT2D eigenvalue weighted by atomic mass is 16.4. The Kier molecular flexibility index (Phi) is 8.52. The van der Waals surface area contributed by atoms with E-state index in [-0.39, 0.29) is 18.2 Å². The summed E-state index contributed by atoms with van der Waals surface area (Å²) in [5, 5.41) is 15.3. The average molecular weight is 555 g/mol. The molecule has 0 aromatic carbocycles. The van der Waals surface area contributed by atoms with Crippen molar-refractivity contribution in [3.8, 4) is 0 Å². The first kappa shape index (κ1) is 29.4. The van der Waals surface area contributed by atoms with Crippen LogP contribution in [0.1, 0.15) is 78.6 Å². The van der Waals surface area contributed by atoms with Crippen molar-refractivity contribution in [2.24, 2.45) is 0 Å². The number of aromatic nitrogens is 2. The van der Waals surface area contributed by atoms with Gasteiger partial charge in [0.15, 0.2) is 0 Å². The molecule has 2 aromatic heterocycles. The molecule has 0 radical (unpaired) electrons. The van der Waals surface area contributed by atoms with E-state index in [1.54, 1.807) is 19.1 Å². The van der Waals surface area contributed by atoms with Crippen LogP contribution in [0, 0.1) is 13.8 Å². The van der Waals surface area contributed by atoms with Gasteiger partial charge < -0.3 is 25.7 Å². The van der Waals surface area contributed by atoms with E-state index in [9.17, 15) is 19.5 Å². The molecule has 0 atom stereocenters. The molecule has 4 heterocycles. The van der Waals surface area contributed by atoms with Crippen molar-refractivity contribution in [2.75, 3.05) is 0 Å². The molecule has 0 bridgehead atoms. The first-order valence-electron chi connectivity index (χ1n) is 13.9. The number of aliphatic carboxylic acids is 1. The summed E-state index contributed by atoms with van der Waals surface area (Å²) in [7, 11) is 0. The highest BCUT2D eigenvalue weighted by molar-refractivity contribution is 6.03. The normalized spacial score (nSPS) is 17.2. The number of nitrogens with one attached hydrogen (secondary N) is 4. The van der Waals surface area contributed by atoms with Crippen molar-refractivity contribution < 1.29 is 19.5 Å². The van der Waals surface area contributed by atoms with E-state index in [0.29, 0.717) is 35.4 Å². The molecule has 2 amide bonds.